The van der Waals surface area contributed by atoms with Gasteiger partial charge in [0.15, 0.2) is 0 Å². The Hall–Kier alpha value is -4.23. The molecule has 0 unspecified atom stereocenters. The van der Waals surface area contributed by atoms with E-state index < -0.39 is 23.6 Å². The lowest BCUT2D eigenvalue weighted by atomic mass is 10.1. The van der Waals surface area contributed by atoms with Gasteiger partial charge in [-0.1, -0.05) is 17.9 Å². The standard InChI is InChI=1S/C25H24FN5O4/c1-25(2,34)10-9-16-7-8-21-20(12-16)30(3)23(32)19(15-35-21)29-24(33)31-14-17(13-27-31)11-18-5-4-6-22(26)28-18/h4-8,12-14,19,34H,11,15H2,1-3H3,(H,29,33)/t19-/m0/s1. The summed E-state index contributed by atoms with van der Waals surface area (Å²) in [6.45, 7) is 3.09. The molecule has 4 rings (SSSR count). The molecule has 2 amide bonds. The van der Waals surface area contributed by atoms with Crippen LogP contribution in [0.25, 0.3) is 0 Å². The Bertz CT molecular complexity index is 1340. The van der Waals surface area contributed by atoms with E-state index in [1.807, 2.05) is 0 Å². The summed E-state index contributed by atoms with van der Waals surface area (Å²) in [5.41, 5.74) is 1.11. The van der Waals surface area contributed by atoms with Crippen LogP contribution < -0.4 is 15.0 Å². The maximum Gasteiger partial charge on any atom is 0.342 e. The van der Waals surface area contributed by atoms with Crippen LogP contribution in [0.15, 0.2) is 48.8 Å². The molecule has 0 fully saturated rings. The van der Waals surface area contributed by atoms with Crippen molar-refractivity contribution in [3.8, 4) is 17.6 Å². The van der Waals surface area contributed by atoms with Crippen molar-refractivity contribution < 1.29 is 23.8 Å². The second kappa shape index (κ2) is 9.56. The number of pyridine rings is 1. The summed E-state index contributed by atoms with van der Waals surface area (Å²) in [6, 6.07) is 8.04. The molecular weight excluding hydrogens is 453 g/mol. The molecule has 2 N–H and O–H groups in total. The van der Waals surface area contributed by atoms with Gasteiger partial charge in [0.05, 0.1) is 11.9 Å². The van der Waals surface area contributed by atoms with E-state index in [0.717, 1.165) is 4.68 Å². The van der Waals surface area contributed by atoms with Crippen LogP contribution in [0, 0.1) is 17.8 Å². The number of benzene rings is 1. The zero-order valence-corrected chi connectivity index (χ0v) is 19.4. The highest BCUT2D eigenvalue weighted by Crippen LogP contribution is 2.31. The molecule has 2 aromatic heterocycles. The summed E-state index contributed by atoms with van der Waals surface area (Å²) in [5.74, 6) is 5.12. The van der Waals surface area contributed by atoms with Crippen LogP contribution >= 0.6 is 0 Å². The Kier molecular flexibility index (Phi) is 6.53. The van der Waals surface area contributed by atoms with Gasteiger partial charge in [0.1, 0.15) is 24.0 Å². The van der Waals surface area contributed by atoms with E-state index >= 15 is 0 Å². The second-order valence-corrected chi connectivity index (χ2v) is 8.62. The number of carbonyl (C=O) groups excluding carboxylic acids is 2. The third-order valence-electron chi connectivity index (χ3n) is 5.17. The van der Waals surface area contributed by atoms with Crippen molar-refractivity contribution in [2.75, 3.05) is 18.6 Å². The average molecular weight is 477 g/mol. The van der Waals surface area contributed by atoms with Crippen LogP contribution in [0.2, 0.25) is 0 Å². The molecule has 1 aliphatic heterocycles. The Balaban J connectivity index is 1.45. The highest BCUT2D eigenvalue weighted by atomic mass is 19.1. The molecule has 35 heavy (non-hydrogen) atoms. The lowest BCUT2D eigenvalue weighted by Gasteiger charge is -2.20. The largest absolute Gasteiger partial charge is 0.489 e. The van der Waals surface area contributed by atoms with Crippen molar-refractivity contribution in [3.63, 3.8) is 0 Å². The summed E-state index contributed by atoms with van der Waals surface area (Å²) in [5, 5.41) is 16.5. The van der Waals surface area contributed by atoms with Crippen molar-refractivity contribution in [1.82, 2.24) is 20.1 Å². The van der Waals surface area contributed by atoms with Crippen LogP contribution in [0.1, 0.15) is 30.7 Å². The summed E-state index contributed by atoms with van der Waals surface area (Å²) < 4.78 is 20.2. The van der Waals surface area contributed by atoms with Crippen molar-refractivity contribution in [1.29, 1.82) is 0 Å². The van der Waals surface area contributed by atoms with Crippen molar-refractivity contribution in [3.05, 3.63) is 71.6 Å². The van der Waals surface area contributed by atoms with Gasteiger partial charge in [-0.25, -0.2) is 9.78 Å². The van der Waals surface area contributed by atoms with Gasteiger partial charge < -0.3 is 20.1 Å². The Morgan fingerprint density at radius 2 is 2.14 bits per heavy atom. The van der Waals surface area contributed by atoms with E-state index in [2.05, 4.69) is 27.2 Å². The molecule has 0 aliphatic carbocycles. The van der Waals surface area contributed by atoms with Crippen LogP contribution in [0.4, 0.5) is 14.9 Å². The molecule has 1 aliphatic rings. The summed E-state index contributed by atoms with van der Waals surface area (Å²) in [6.07, 6.45) is 3.28. The first-order valence-electron chi connectivity index (χ1n) is 10.8. The smallest absolute Gasteiger partial charge is 0.342 e. The van der Waals surface area contributed by atoms with Crippen LogP contribution in [-0.4, -0.2) is 57.1 Å². The van der Waals surface area contributed by atoms with E-state index in [9.17, 15) is 19.1 Å². The number of hydrogen-bond acceptors (Lipinski definition) is 6. The highest BCUT2D eigenvalue weighted by molar-refractivity contribution is 6.00. The van der Waals surface area contributed by atoms with E-state index in [1.165, 1.54) is 23.4 Å². The second-order valence-electron chi connectivity index (χ2n) is 8.62. The number of aliphatic hydroxyl groups is 1. The molecule has 0 saturated heterocycles. The molecule has 0 saturated carbocycles. The monoisotopic (exact) mass is 477 g/mol. The number of likely N-dealkylation sites (N-methyl/N-ethyl adjacent to an activating group) is 1. The predicted molar refractivity (Wildman–Crippen MR) is 125 cm³/mol. The summed E-state index contributed by atoms with van der Waals surface area (Å²) in [7, 11) is 1.58. The van der Waals surface area contributed by atoms with Gasteiger partial charge in [0.2, 0.25) is 5.95 Å². The number of anilines is 1. The molecule has 0 radical (unpaired) electrons. The fraction of sp³-hybridized carbons (Fsp3) is 0.280. The third kappa shape index (κ3) is 5.83. The van der Waals surface area contributed by atoms with E-state index in [1.54, 1.807) is 51.2 Å². The minimum atomic E-state index is -1.15. The first kappa shape index (κ1) is 23.9. The number of amides is 2. The van der Waals surface area contributed by atoms with Gasteiger partial charge in [-0.05, 0) is 49.7 Å². The van der Waals surface area contributed by atoms with E-state index in [-0.39, 0.29) is 12.5 Å². The molecule has 0 bridgehead atoms. The number of carbonyl (C=O) groups is 2. The summed E-state index contributed by atoms with van der Waals surface area (Å²) >= 11 is 0. The zero-order valence-electron chi connectivity index (χ0n) is 19.4. The minimum Gasteiger partial charge on any atom is -0.489 e. The number of aromatic nitrogens is 3. The molecule has 3 heterocycles. The number of ether oxygens (including phenoxy) is 1. The molecule has 1 aromatic carbocycles. The maximum absolute atomic E-state index is 13.3. The minimum absolute atomic E-state index is 0.0715. The van der Waals surface area contributed by atoms with Crippen LogP contribution in [0.5, 0.6) is 5.75 Å². The Morgan fingerprint density at radius 1 is 1.34 bits per heavy atom. The number of rotatable bonds is 3. The van der Waals surface area contributed by atoms with Crippen molar-refractivity contribution in [2.45, 2.75) is 31.9 Å². The van der Waals surface area contributed by atoms with Gasteiger partial charge >= 0.3 is 6.03 Å². The highest BCUT2D eigenvalue weighted by Gasteiger charge is 2.31. The lowest BCUT2D eigenvalue weighted by molar-refractivity contribution is -0.120. The van der Waals surface area contributed by atoms with Crippen LogP contribution in [0.3, 0.4) is 0 Å². The quantitative estimate of drug-likeness (QED) is 0.442. The lowest BCUT2D eigenvalue weighted by Crippen LogP contribution is -2.50. The van der Waals surface area contributed by atoms with Gasteiger partial charge in [-0.2, -0.15) is 14.2 Å². The number of halogens is 1. The number of hydrogen-bond donors (Lipinski definition) is 2. The molecular formula is C25H24FN5O4. The molecule has 1 atom stereocenters. The molecule has 3 aromatic rings. The zero-order chi connectivity index (χ0) is 25.2. The molecule has 180 valence electrons. The Labute approximate surface area is 201 Å². The normalized spacial score (nSPS) is 15.4. The first-order valence-corrected chi connectivity index (χ1v) is 10.8. The van der Waals surface area contributed by atoms with Gasteiger partial charge in [-0.15, -0.1) is 0 Å². The molecule has 0 spiro atoms. The molecule has 9 nitrogen and oxygen atoms in total. The Morgan fingerprint density at radius 3 is 2.89 bits per heavy atom. The van der Waals surface area contributed by atoms with Gasteiger partial charge in [0, 0.05) is 30.9 Å². The SMILES string of the molecule is CN1C(=O)[C@@H](NC(=O)n2cc(Cc3cccc(F)n3)cn2)COc2ccc(C#CC(C)(C)O)cc21. The fourth-order valence-electron chi connectivity index (χ4n) is 3.44. The van der Waals surface area contributed by atoms with Crippen molar-refractivity contribution in [2.24, 2.45) is 0 Å². The number of nitrogens with zero attached hydrogens (tertiary/aromatic N) is 4. The average Bonchev–Trinajstić information content (AvgIpc) is 3.23. The molecule has 10 heteroatoms. The summed E-state index contributed by atoms with van der Waals surface area (Å²) in [4.78, 5) is 31.0. The van der Waals surface area contributed by atoms with E-state index in [4.69, 9.17) is 4.74 Å². The van der Waals surface area contributed by atoms with Gasteiger partial charge in [-0.3, -0.25) is 4.79 Å². The number of nitrogens with one attached hydrogen (secondary N) is 1. The first-order chi connectivity index (χ1) is 16.6. The topological polar surface area (TPSA) is 110 Å². The van der Waals surface area contributed by atoms with Crippen LogP contribution in [-0.2, 0) is 11.2 Å². The van der Waals surface area contributed by atoms with E-state index in [0.29, 0.717) is 34.7 Å². The van der Waals surface area contributed by atoms with Gasteiger partial charge in [0.25, 0.3) is 5.91 Å². The third-order valence-corrected chi connectivity index (χ3v) is 5.17. The fourth-order valence-corrected chi connectivity index (χ4v) is 3.44. The predicted octanol–water partition coefficient (Wildman–Crippen LogP) is 2.11. The number of fused-ring (bicyclic) bond motifs is 1. The van der Waals surface area contributed by atoms with Crippen molar-refractivity contribution >= 4 is 17.6 Å². The maximum atomic E-state index is 13.3.